The fourth-order valence-corrected chi connectivity index (χ4v) is 3.97. The summed E-state index contributed by atoms with van der Waals surface area (Å²) in [7, 11) is 0. The van der Waals surface area contributed by atoms with Crippen LogP contribution in [0.3, 0.4) is 0 Å². The van der Waals surface area contributed by atoms with E-state index in [1.165, 1.54) is 5.56 Å². The molecule has 0 bridgehead atoms. The molecule has 2 aromatic carbocycles. The summed E-state index contributed by atoms with van der Waals surface area (Å²) in [5, 5.41) is 6.91. The van der Waals surface area contributed by atoms with Crippen molar-refractivity contribution in [3.8, 4) is 16.9 Å². The third kappa shape index (κ3) is 5.34. The van der Waals surface area contributed by atoms with E-state index in [0.717, 1.165) is 29.8 Å². The van der Waals surface area contributed by atoms with Crippen LogP contribution < -0.4 is 10.6 Å². The van der Waals surface area contributed by atoms with Gasteiger partial charge in [-0.25, -0.2) is 4.98 Å². The highest BCUT2D eigenvalue weighted by molar-refractivity contribution is 7.80. The molecule has 0 unspecified atom stereocenters. The fourth-order valence-electron chi connectivity index (χ4n) is 3.52. The molecule has 3 aromatic rings. The standard InChI is InChI=1S/C25H29N5OS/c1-17(2)26-25(32)30(21-13-14-21)16-23(31)28-24-27-22(19-7-5-4-6-8-19)15-29(24)20-11-9-18(3)10-12-20/h4-12,15,17,21H,13-14,16H2,1-3H3,(H,26,32)(H,27,28,31). The van der Waals surface area contributed by atoms with E-state index >= 15 is 0 Å². The average molecular weight is 448 g/mol. The van der Waals surface area contributed by atoms with Crippen LogP contribution >= 0.6 is 12.2 Å². The Hall–Kier alpha value is -3.19. The quantitative estimate of drug-likeness (QED) is 0.521. The molecule has 2 N–H and O–H groups in total. The molecule has 1 fully saturated rings. The summed E-state index contributed by atoms with van der Waals surface area (Å²) in [6.45, 7) is 6.34. The molecule has 32 heavy (non-hydrogen) atoms. The number of nitrogens with zero attached hydrogens (tertiary/aromatic N) is 3. The van der Waals surface area contributed by atoms with E-state index in [1.807, 2.05) is 84.1 Å². The number of imidazole rings is 1. The number of benzene rings is 2. The Labute approximate surface area is 194 Å². The fraction of sp³-hybridized carbons (Fsp3) is 0.320. The molecule has 1 saturated carbocycles. The molecule has 0 saturated heterocycles. The monoisotopic (exact) mass is 447 g/mol. The highest BCUT2D eigenvalue weighted by Crippen LogP contribution is 2.28. The Morgan fingerprint density at radius 3 is 2.47 bits per heavy atom. The summed E-state index contributed by atoms with van der Waals surface area (Å²) in [5.74, 6) is 0.361. The second-order valence-electron chi connectivity index (χ2n) is 8.53. The van der Waals surface area contributed by atoms with Crippen LogP contribution in [0.25, 0.3) is 16.9 Å². The SMILES string of the molecule is Cc1ccc(-n2cc(-c3ccccc3)nc2NC(=O)CN(C(=S)NC(C)C)C2CC2)cc1. The predicted octanol–water partition coefficient (Wildman–Crippen LogP) is 4.53. The molecule has 1 amide bonds. The Kier molecular flexibility index (Phi) is 6.55. The van der Waals surface area contributed by atoms with Gasteiger partial charge in [0, 0.05) is 29.5 Å². The molecular formula is C25H29N5OS. The van der Waals surface area contributed by atoms with Crippen molar-refractivity contribution in [1.29, 1.82) is 0 Å². The molecule has 0 atom stereocenters. The van der Waals surface area contributed by atoms with Gasteiger partial charge in [0.05, 0.1) is 12.2 Å². The zero-order valence-electron chi connectivity index (χ0n) is 18.7. The van der Waals surface area contributed by atoms with Crippen LogP contribution in [0.5, 0.6) is 0 Å². The van der Waals surface area contributed by atoms with Gasteiger partial charge in [-0.1, -0.05) is 48.0 Å². The van der Waals surface area contributed by atoms with E-state index in [9.17, 15) is 4.79 Å². The Balaban J connectivity index is 1.58. The highest BCUT2D eigenvalue weighted by atomic mass is 32.1. The number of nitrogens with one attached hydrogen (secondary N) is 2. The van der Waals surface area contributed by atoms with E-state index in [4.69, 9.17) is 17.2 Å². The third-order valence-electron chi connectivity index (χ3n) is 5.31. The van der Waals surface area contributed by atoms with Crippen molar-refractivity contribution in [3.05, 3.63) is 66.4 Å². The van der Waals surface area contributed by atoms with Crippen LogP contribution in [-0.4, -0.2) is 44.1 Å². The van der Waals surface area contributed by atoms with E-state index in [1.54, 1.807) is 0 Å². The molecule has 0 spiro atoms. The molecule has 0 radical (unpaired) electrons. The summed E-state index contributed by atoms with van der Waals surface area (Å²) in [5.41, 5.74) is 3.92. The number of aromatic nitrogens is 2. The second-order valence-corrected chi connectivity index (χ2v) is 8.92. The van der Waals surface area contributed by atoms with Gasteiger partial charge in [0.1, 0.15) is 0 Å². The lowest BCUT2D eigenvalue weighted by Crippen LogP contribution is -2.47. The first-order valence-corrected chi connectivity index (χ1v) is 11.4. The summed E-state index contributed by atoms with van der Waals surface area (Å²) in [6, 6.07) is 18.7. The zero-order chi connectivity index (χ0) is 22.7. The normalized spacial score (nSPS) is 13.1. The molecule has 1 aliphatic rings. The number of rotatable bonds is 7. The Bertz CT molecular complexity index is 1090. The van der Waals surface area contributed by atoms with Crippen molar-refractivity contribution in [3.63, 3.8) is 0 Å². The number of thiocarbonyl (C=S) groups is 1. The third-order valence-corrected chi connectivity index (χ3v) is 5.67. The Morgan fingerprint density at radius 2 is 1.84 bits per heavy atom. The number of aryl methyl sites for hydroxylation is 1. The lowest BCUT2D eigenvalue weighted by molar-refractivity contribution is -0.116. The van der Waals surface area contributed by atoms with E-state index in [-0.39, 0.29) is 18.5 Å². The van der Waals surface area contributed by atoms with Crippen molar-refractivity contribution < 1.29 is 4.79 Å². The number of anilines is 1. The maximum absolute atomic E-state index is 13.0. The number of carbonyl (C=O) groups excluding carboxylic acids is 1. The van der Waals surface area contributed by atoms with Gasteiger partial charge in [0.2, 0.25) is 11.9 Å². The van der Waals surface area contributed by atoms with Crippen molar-refractivity contribution in [2.75, 3.05) is 11.9 Å². The van der Waals surface area contributed by atoms with Gasteiger partial charge in [-0.2, -0.15) is 0 Å². The number of hydrogen-bond acceptors (Lipinski definition) is 3. The van der Waals surface area contributed by atoms with Crippen molar-refractivity contribution >= 4 is 29.2 Å². The van der Waals surface area contributed by atoms with Gasteiger partial charge in [0.25, 0.3) is 0 Å². The van der Waals surface area contributed by atoms with Crippen LogP contribution in [0.15, 0.2) is 60.8 Å². The first kappa shape index (κ1) is 22.0. The molecule has 166 valence electrons. The number of hydrogen-bond donors (Lipinski definition) is 2. The van der Waals surface area contributed by atoms with Gasteiger partial charge >= 0.3 is 0 Å². The lowest BCUT2D eigenvalue weighted by Gasteiger charge is -2.26. The highest BCUT2D eigenvalue weighted by Gasteiger charge is 2.32. The van der Waals surface area contributed by atoms with E-state index < -0.39 is 0 Å². The van der Waals surface area contributed by atoms with Crippen LogP contribution in [-0.2, 0) is 4.79 Å². The van der Waals surface area contributed by atoms with Crippen molar-refractivity contribution in [1.82, 2.24) is 19.8 Å². The summed E-state index contributed by atoms with van der Waals surface area (Å²) in [4.78, 5) is 19.8. The lowest BCUT2D eigenvalue weighted by atomic mass is 10.2. The van der Waals surface area contributed by atoms with Crippen molar-refractivity contribution in [2.45, 2.75) is 45.7 Å². The van der Waals surface area contributed by atoms with Gasteiger partial charge in [-0.3, -0.25) is 14.7 Å². The molecule has 1 aromatic heterocycles. The maximum atomic E-state index is 13.0. The van der Waals surface area contributed by atoms with E-state index in [0.29, 0.717) is 17.1 Å². The minimum absolute atomic E-state index is 0.136. The largest absolute Gasteiger partial charge is 0.360 e. The molecule has 0 aliphatic heterocycles. The number of carbonyl (C=O) groups is 1. The minimum Gasteiger partial charge on any atom is -0.360 e. The first-order valence-electron chi connectivity index (χ1n) is 11.0. The van der Waals surface area contributed by atoms with Gasteiger partial charge < -0.3 is 10.2 Å². The predicted molar refractivity (Wildman–Crippen MR) is 133 cm³/mol. The molecule has 1 heterocycles. The smallest absolute Gasteiger partial charge is 0.246 e. The van der Waals surface area contributed by atoms with Gasteiger partial charge in [0.15, 0.2) is 5.11 Å². The Morgan fingerprint density at radius 1 is 1.16 bits per heavy atom. The molecular weight excluding hydrogens is 418 g/mol. The van der Waals surface area contributed by atoms with Crippen LogP contribution in [0.4, 0.5) is 5.95 Å². The van der Waals surface area contributed by atoms with Crippen LogP contribution in [0.1, 0.15) is 32.3 Å². The topological polar surface area (TPSA) is 62.2 Å². The first-order chi connectivity index (χ1) is 15.4. The van der Waals surface area contributed by atoms with Crippen LogP contribution in [0.2, 0.25) is 0 Å². The molecule has 4 rings (SSSR count). The van der Waals surface area contributed by atoms with Crippen LogP contribution in [0, 0.1) is 6.92 Å². The average Bonchev–Trinajstić information content (AvgIpc) is 3.53. The summed E-state index contributed by atoms with van der Waals surface area (Å²) < 4.78 is 1.92. The minimum atomic E-state index is -0.136. The van der Waals surface area contributed by atoms with Gasteiger partial charge in [-0.15, -0.1) is 0 Å². The molecule has 1 aliphatic carbocycles. The maximum Gasteiger partial charge on any atom is 0.246 e. The van der Waals surface area contributed by atoms with E-state index in [2.05, 4.69) is 17.6 Å². The van der Waals surface area contributed by atoms with Crippen molar-refractivity contribution in [2.24, 2.45) is 0 Å². The zero-order valence-corrected chi connectivity index (χ0v) is 19.5. The second kappa shape index (κ2) is 9.53. The number of amides is 1. The van der Waals surface area contributed by atoms with Gasteiger partial charge in [-0.05, 0) is 58.0 Å². The molecule has 7 heteroatoms. The molecule has 6 nitrogen and oxygen atoms in total. The summed E-state index contributed by atoms with van der Waals surface area (Å²) >= 11 is 5.55. The summed E-state index contributed by atoms with van der Waals surface area (Å²) in [6.07, 6.45) is 4.08.